The first-order chi connectivity index (χ1) is 13.6. The lowest BCUT2D eigenvalue weighted by molar-refractivity contribution is -0.137. The molecular weight excluding hydrogens is 429 g/mol. The van der Waals surface area contributed by atoms with Crippen LogP contribution in [0, 0.1) is 0 Å². The molecular formula is C18H19F3N2O4S2. The lowest BCUT2D eigenvalue weighted by atomic mass is 10.0. The molecule has 0 radical (unpaired) electrons. The van der Waals surface area contributed by atoms with Crippen LogP contribution in [0.3, 0.4) is 0 Å². The molecule has 29 heavy (non-hydrogen) atoms. The van der Waals surface area contributed by atoms with Crippen LogP contribution in [0.25, 0.3) is 0 Å². The van der Waals surface area contributed by atoms with Gasteiger partial charge in [0, 0.05) is 30.8 Å². The Labute approximate surface area is 171 Å². The zero-order valence-corrected chi connectivity index (χ0v) is 16.8. The van der Waals surface area contributed by atoms with E-state index in [1.807, 2.05) is 6.08 Å². The first-order valence-corrected chi connectivity index (χ1v) is 10.4. The van der Waals surface area contributed by atoms with E-state index in [-0.39, 0.29) is 30.8 Å². The summed E-state index contributed by atoms with van der Waals surface area (Å²) in [6.45, 7) is -0.284. The minimum Gasteiger partial charge on any atom is -0.289 e. The van der Waals surface area contributed by atoms with E-state index in [9.17, 15) is 26.4 Å². The Morgan fingerprint density at radius 1 is 1.21 bits per heavy atom. The van der Waals surface area contributed by atoms with Crippen LogP contribution < -0.4 is 5.48 Å². The molecule has 2 rings (SSSR count). The van der Waals surface area contributed by atoms with Crippen LogP contribution in [0.2, 0.25) is 0 Å². The second kappa shape index (κ2) is 9.61. The van der Waals surface area contributed by atoms with Crippen molar-refractivity contribution in [3.63, 3.8) is 0 Å². The lowest BCUT2D eigenvalue weighted by Gasteiger charge is -2.23. The van der Waals surface area contributed by atoms with E-state index in [2.05, 4.69) is 0 Å². The number of allylic oxidation sites excluding steroid dienone is 3. The Kier molecular flexibility index (Phi) is 7.69. The van der Waals surface area contributed by atoms with E-state index in [0.29, 0.717) is 23.4 Å². The maximum atomic E-state index is 12.9. The van der Waals surface area contributed by atoms with Gasteiger partial charge in [-0.15, -0.1) is 0 Å². The van der Waals surface area contributed by atoms with Gasteiger partial charge in [0.1, 0.15) is 0 Å². The molecule has 1 aromatic rings. The van der Waals surface area contributed by atoms with E-state index in [1.54, 1.807) is 12.2 Å². The van der Waals surface area contributed by atoms with Crippen LogP contribution >= 0.6 is 12.2 Å². The standard InChI is InChI=1S/C18H19F3N2O4S2/c19-18(20,21)14-5-7-15(8-6-14)29(26,27)23(12-10-17(24)22-25)11-9-13-3-1-2-4-16(13)28/h1-3,5-8,25H,4,9-12H2,(H,22,24). The molecule has 0 atom stereocenters. The quantitative estimate of drug-likeness (QED) is 0.362. The number of hydroxylamine groups is 1. The van der Waals surface area contributed by atoms with E-state index in [4.69, 9.17) is 17.4 Å². The number of rotatable bonds is 8. The predicted molar refractivity (Wildman–Crippen MR) is 104 cm³/mol. The maximum Gasteiger partial charge on any atom is 0.416 e. The molecule has 0 saturated heterocycles. The normalized spacial score (nSPS) is 14.8. The van der Waals surface area contributed by atoms with Crippen LogP contribution in [-0.4, -0.2) is 41.8 Å². The number of carbonyl (C=O) groups excluding carboxylic acids is 1. The second-order valence-electron chi connectivity index (χ2n) is 6.21. The number of nitrogens with one attached hydrogen (secondary N) is 1. The summed E-state index contributed by atoms with van der Waals surface area (Å²) in [6.07, 6.45) is 1.39. The van der Waals surface area contributed by atoms with Crippen molar-refractivity contribution in [2.75, 3.05) is 13.1 Å². The number of alkyl halides is 3. The number of hydrogen-bond acceptors (Lipinski definition) is 5. The van der Waals surface area contributed by atoms with E-state index >= 15 is 0 Å². The van der Waals surface area contributed by atoms with Crippen LogP contribution in [0.5, 0.6) is 0 Å². The average molecular weight is 448 g/mol. The van der Waals surface area contributed by atoms with Gasteiger partial charge in [-0.3, -0.25) is 10.0 Å². The third-order valence-electron chi connectivity index (χ3n) is 4.26. The van der Waals surface area contributed by atoms with Crippen LogP contribution in [0.4, 0.5) is 13.2 Å². The fourth-order valence-corrected chi connectivity index (χ4v) is 4.36. The van der Waals surface area contributed by atoms with Gasteiger partial charge in [0.25, 0.3) is 0 Å². The highest BCUT2D eigenvalue weighted by molar-refractivity contribution is 7.89. The Hall–Kier alpha value is -2.08. The van der Waals surface area contributed by atoms with Gasteiger partial charge in [-0.2, -0.15) is 17.5 Å². The molecule has 158 valence electrons. The van der Waals surface area contributed by atoms with Crippen molar-refractivity contribution < 1.29 is 31.6 Å². The third kappa shape index (κ3) is 6.20. The molecule has 11 heteroatoms. The highest BCUT2D eigenvalue weighted by Crippen LogP contribution is 2.30. The maximum absolute atomic E-state index is 12.9. The Balaban J connectivity index is 2.25. The first kappa shape index (κ1) is 23.2. The highest BCUT2D eigenvalue weighted by Gasteiger charge is 2.31. The molecule has 0 aliphatic heterocycles. The molecule has 2 N–H and O–H groups in total. The average Bonchev–Trinajstić information content (AvgIpc) is 2.68. The number of sulfonamides is 1. The number of halogens is 3. The lowest BCUT2D eigenvalue weighted by Crippen LogP contribution is -2.36. The summed E-state index contributed by atoms with van der Waals surface area (Å²) in [4.78, 5) is 11.7. The topological polar surface area (TPSA) is 86.7 Å². The van der Waals surface area contributed by atoms with Crippen molar-refractivity contribution >= 4 is 33.0 Å². The Morgan fingerprint density at radius 3 is 2.41 bits per heavy atom. The molecule has 0 spiro atoms. The molecule has 0 saturated carbocycles. The molecule has 0 fully saturated rings. The van der Waals surface area contributed by atoms with Gasteiger partial charge in [-0.25, -0.2) is 13.9 Å². The number of thiocarbonyl (C=S) groups is 1. The molecule has 1 aliphatic rings. The van der Waals surface area contributed by atoms with Gasteiger partial charge in [0.2, 0.25) is 15.9 Å². The number of amides is 1. The monoisotopic (exact) mass is 448 g/mol. The third-order valence-corrected chi connectivity index (χ3v) is 6.60. The van der Waals surface area contributed by atoms with E-state index in [0.717, 1.165) is 22.0 Å². The number of nitrogens with zero attached hydrogens (tertiary/aromatic N) is 1. The summed E-state index contributed by atoms with van der Waals surface area (Å²) in [7, 11) is -4.17. The summed E-state index contributed by atoms with van der Waals surface area (Å²) in [5, 5.41) is 8.63. The van der Waals surface area contributed by atoms with Gasteiger partial charge in [-0.1, -0.05) is 30.4 Å². The Bertz CT molecular complexity index is 923. The summed E-state index contributed by atoms with van der Waals surface area (Å²) < 4.78 is 65.1. The van der Waals surface area contributed by atoms with Crippen molar-refractivity contribution in [1.29, 1.82) is 0 Å². The number of benzene rings is 1. The summed E-state index contributed by atoms with van der Waals surface area (Å²) in [5.41, 5.74) is 1.24. The number of hydrogen-bond donors (Lipinski definition) is 2. The zero-order valence-electron chi connectivity index (χ0n) is 15.1. The van der Waals surface area contributed by atoms with E-state index in [1.165, 1.54) is 5.48 Å². The fourth-order valence-electron chi connectivity index (χ4n) is 2.65. The smallest absolute Gasteiger partial charge is 0.289 e. The molecule has 1 aromatic carbocycles. The molecule has 0 heterocycles. The number of carbonyl (C=O) groups is 1. The minimum atomic E-state index is -4.59. The molecule has 6 nitrogen and oxygen atoms in total. The van der Waals surface area contributed by atoms with Gasteiger partial charge in [-0.05, 0) is 36.3 Å². The van der Waals surface area contributed by atoms with Crippen molar-refractivity contribution in [2.45, 2.75) is 30.3 Å². The molecule has 0 aromatic heterocycles. The Morgan fingerprint density at radius 2 is 1.86 bits per heavy atom. The zero-order chi connectivity index (χ0) is 21.7. The second-order valence-corrected chi connectivity index (χ2v) is 8.64. The van der Waals surface area contributed by atoms with Crippen LogP contribution in [-0.2, 0) is 21.0 Å². The van der Waals surface area contributed by atoms with Gasteiger partial charge >= 0.3 is 6.18 Å². The summed E-state index contributed by atoms with van der Waals surface area (Å²) in [5.74, 6) is -0.784. The largest absolute Gasteiger partial charge is 0.416 e. The van der Waals surface area contributed by atoms with Crippen LogP contribution in [0.1, 0.15) is 24.8 Å². The van der Waals surface area contributed by atoms with Crippen molar-refractivity contribution in [1.82, 2.24) is 9.79 Å². The molecule has 1 amide bonds. The molecule has 1 aliphatic carbocycles. The van der Waals surface area contributed by atoms with Crippen molar-refractivity contribution in [3.8, 4) is 0 Å². The SMILES string of the molecule is O=C(CCN(CCC1=CC=CCC1=S)S(=O)(=O)c1ccc(C(F)(F)F)cc1)NO. The van der Waals surface area contributed by atoms with Crippen molar-refractivity contribution in [2.24, 2.45) is 0 Å². The highest BCUT2D eigenvalue weighted by atomic mass is 32.2. The minimum absolute atomic E-state index is 0.0259. The van der Waals surface area contributed by atoms with Gasteiger partial charge in [0.15, 0.2) is 0 Å². The predicted octanol–water partition coefficient (Wildman–Crippen LogP) is 3.24. The van der Waals surface area contributed by atoms with E-state index < -0.39 is 27.7 Å². The van der Waals surface area contributed by atoms with Crippen molar-refractivity contribution in [3.05, 3.63) is 53.6 Å². The first-order valence-electron chi connectivity index (χ1n) is 8.55. The molecule has 0 unspecified atom stereocenters. The fraction of sp³-hybridized carbons (Fsp3) is 0.333. The van der Waals surface area contributed by atoms with Crippen LogP contribution in [0.15, 0.2) is 53.0 Å². The summed E-state index contributed by atoms with van der Waals surface area (Å²) in [6, 6.07) is 3.14. The summed E-state index contributed by atoms with van der Waals surface area (Å²) >= 11 is 5.25. The van der Waals surface area contributed by atoms with Gasteiger partial charge < -0.3 is 0 Å². The van der Waals surface area contributed by atoms with Gasteiger partial charge in [0.05, 0.1) is 10.5 Å². The molecule has 0 bridgehead atoms.